The molecule has 3 rings (SSSR count). The second-order valence-corrected chi connectivity index (χ2v) is 7.30. The quantitative estimate of drug-likeness (QED) is 0.690. The third-order valence-electron chi connectivity index (χ3n) is 3.02. The second-order valence-electron chi connectivity index (χ2n) is 4.57. The number of nitrogens with zero attached hydrogens (tertiary/aromatic N) is 4. The van der Waals surface area contributed by atoms with Gasteiger partial charge in [0.2, 0.25) is 0 Å². The topological polar surface area (TPSA) is 107 Å². The zero-order chi connectivity index (χ0) is 16.8. The number of carbonyl (C=O) groups is 1. The van der Waals surface area contributed by atoms with Crippen molar-refractivity contribution < 1.29 is 13.2 Å². The average Bonchev–Trinajstić information content (AvgIpc) is 2.80. The van der Waals surface area contributed by atoms with Gasteiger partial charge >= 0.3 is 15.3 Å². The molecule has 0 aliphatic heterocycles. The molecule has 1 aromatic carbocycles. The van der Waals surface area contributed by atoms with E-state index in [1.165, 1.54) is 0 Å². The summed E-state index contributed by atoms with van der Waals surface area (Å²) in [6, 6.07) is 3.93. The smallest absolute Gasteiger partial charge is 0.247 e. The predicted molar refractivity (Wildman–Crippen MR) is 85.9 cm³/mol. The predicted octanol–water partition coefficient (Wildman–Crippen LogP) is 2.24. The first-order valence-corrected chi connectivity index (χ1v) is 9.08. The highest BCUT2D eigenvalue weighted by Gasteiger charge is 2.21. The minimum absolute atomic E-state index is 0.134. The van der Waals surface area contributed by atoms with Crippen molar-refractivity contribution in [2.24, 2.45) is 0 Å². The minimum atomic E-state index is -4.23. The second kappa shape index (κ2) is 5.59. The number of hydrogen-bond donors (Lipinski definition) is 1. The Morgan fingerprint density at radius 1 is 1.26 bits per heavy atom. The Morgan fingerprint density at radius 3 is 2.65 bits per heavy atom. The van der Waals surface area contributed by atoms with E-state index in [-0.39, 0.29) is 11.3 Å². The summed E-state index contributed by atoms with van der Waals surface area (Å²) in [7, 11) is 0.827. The summed E-state index contributed by atoms with van der Waals surface area (Å²) in [5.41, 5.74) is 1.35. The summed E-state index contributed by atoms with van der Waals surface area (Å²) in [4.78, 5) is 25.0. The molecule has 11 heteroatoms. The van der Waals surface area contributed by atoms with Crippen molar-refractivity contribution in [2.75, 3.05) is 0 Å². The third kappa shape index (κ3) is 3.07. The minimum Gasteiger partial charge on any atom is -0.247 e. The van der Waals surface area contributed by atoms with E-state index in [4.69, 9.17) is 22.3 Å². The molecule has 3 aromatic rings. The van der Waals surface area contributed by atoms with Crippen molar-refractivity contribution >= 4 is 59.9 Å². The highest BCUT2D eigenvalue weighted by molar-refractivity contribution is 8.12. The fraction of sp³-hybridized carbons (Fsp3) is 0.167. The highest BCUT2D eigenvalue weighted by atomic mass is 35.7. The summed E-state index contributed by atoms with van der Waals surface area (Å²) >= 11 is 5.92. The first-order chi connectivity index (χ1) is 10.8. The molecule has 1 N–H and O–H groups in total. The van der Waals surface area contributed by atoms with E-state index in [0.717, 1.165) is 4.57 Å². The summed E-state index contributed by atoms with van der Waals surface area (Å²) in [5, 5.41) is 0.493. The molecule has 0 saturated carbocycles. The van der Waals surface area contributed by atoms with Crippen LogP contribution in [-0.2, 0) is 15.7 Å². The van der Waals surface area contributed by atoms with Crippen LogP contribution in [0.3, 0.4) is 0 Å². The van der Waals surface area contributed by atoms with Crippen LogP contribution < -0.4 is 4.72 Å². The van der Waals surface area contributed by atoms with Gasteiger partial charge in [-0.2, -0.15) is 8.42 Å². The fourth-order valence-corrected chi connectivity index (χ4v) is 2.79. The molecule has 8 nitrogen and oxygen atoms in total. The van der Waals surface area contributed by atoms with Crippen molar-refractivity contribution in [2.45, 2.75) is 13.3 Å². The Hall–Kier alpha value is -1.97. The maximum Gasteiger partial charge on any atom is 0.343 e. The van der Waals surface area contributed by atoms with Crippen LogP contribution >= 0.6 is 22.3 Å². The lowest BCUT2D eigenvalue weighted by Crippen LogP contribution is -2.32. The van der Waals surface area contributed by atoms with Crippen LogP contribution in [0.15, 0.2) is 18.2 Å². The summed E-state index contributed by atoms with van der Waals surface area (Å²) in [5.74, 6) is 0.305. The molecule has 0 unspecified atom stereocenters. The molecule has 0 aliphatic carbocycles. The van der Waals surface area contributed by atoms with Gasteiger partial charge in [0, 0.05) is 22.1 Å². The Balaban J connectivity index is 2.27. The number of carbonyl (C=O) groups excluding carboxylic acids is 1. The number of hydrogen-bond acceptors (Lipinski definition) is 6. The Kier molecular flexibility index (Phi) is 3.86. The molecule has 0 spiro atoms. The van der Waals surface area contributed by atoms with Crippen LogP contribution in [0.2, 0.25) is 5.02 Å². The summed E-state index contributed by atoms with van der Waals surface area (Å²) in [6.45, 7) is 1.76. The van der Waals surface area contributed by atoms with Gasteiger partial charge in [-0.3, -0.25) is 0 Å². The van der Waals surface area contributed by atoms with E-state index in [9.17, 15) is 13.2 Å². The number of rotatable bonds is 2. The standard InChI is InChI=1S/C12H9Cl2N5O3S/c1-2-9-17-10-11(19(9)12(20)18-23(14,21)22)16-7-4-3-6(13)5-8(7)15-10/h3-5H,2H2,1H3,(H,18,20). The van der Waals surface area contributed by atoms with E-state index in [1.54, 1.807) is 29.8 Å². The van der Waals surface area contributed by atoms with Gasteiger partial charge in [-0.1, -0.05) is 18.5 Å². The highest BCUT2D eigenvalue weighted by Crippen LogP contribution is 2.20. The normalized spacial score (nSPS) is 12.0. The van der Waals surface area contributed by atoms with Crippen LogP contribution in [0.5, 0.6) is 0 Å². The largest absolute Gasteiger partial charge is 0.343 e. The van der Waals surface area contributed by atoms with E-state index in [2.05, 4.69) is 15.0 Å². The number of benzene rings is 1. The van der Waals surface area contributed by atoms with Gasteiger partial charge in [0.25, 0.3) is 0 Å². The van der Waals surface area contributed by atoms with Crippen molar-refractivity contribution in [3.05, 3.63) is 29.0 Å². The molecule has 0 aliphatic rings. The number of halogens is 2. The number of imidazole rings is 1. The monoisotopic (exact) mass is 373 g/mol. The van der Waals surface area contributed by atoms with E-state index >= 15 is 0 Å². The zero-order valence-electron chi connectivity index (χ0n) is 11.6. The molecule has 0 bridgehead atoms. The Bertz CT molecular complexity index is 1050. The molecule has 0 radical (unpaired) electrons. The maximum absolute atomic E-state index is 12.2. The van der Waals surface area contributed by atoms with Crippen LogP contribution in [0.25, 0.3) is 22.3 Å². The van der Waals surface area contributed by atoms with E-state index < -0.39 is 15.3 Å². The van der Waals surface area contributed by atoms with Crippen LogP contribution in [0.4, 0.5) is 4.79 Å². The summed E-state index contributed by atoms with van der Waals surface area (Å²) in [6.07, 6.45) is 0.366. The number of aromatic nitrogens is 4. The number of nitrogens with one attached hydrogen (secondary N) is 1. The van der Waals surface area contributed by atoms with Crippen molar-refractivity contribution in [3.8, 4) is 0 Å². The van der Waals surface area contributed by atoms with Crippen LogP contribution in [0.1, 0.15) is 12.7 Å². The average molecular weight is 374 g/mol. The van der Waals surface area contributed by atoms with Gasteiger partial charge in [0.05, 0.1) is 11.0 Å². The van der Waals surface area contributed by atoms with Gasteiger partial charge in [-0.25, -0.2) is 29.0 Å². The molecule has 0 atom stereocenters. The van der Waals surface area contributed by atoms with Crippen LogP contribution in [0, 0.1) is 0 Å². The first-order valence-electron chi connectivity index (χ1n) is 6.40. The third-order valence-corrected chi connectivity index (χ3v) is 3.91. The molecule has 2 aromatic heterocycles. The lowest BCUT2D eigenvalue weighted by molar-refractivity contribution is 0.247. The molecular formula is C12H9Cl2N5O3S. The van der Waals surface area contributed by atoms with Crippen molar-refractivity contribution in [1.82, 2.24) is 24.2 Å². The number of amides is 1. The number of fused-ring (bicyclic) bond motifs is 2. The van der Waals surface area contributed by atoms with Crippen molar-refractivity contribution in [1.29, 1.82) is 0 Å². The first kappa shape index (κ1) is 15.9. The summed E-state index contributed by atoms with van der Waals surface area (Å²) < 4.78 is 24.9. The molecule has 0 fully saturated rings. The number of aryl methyl sites for hydroxylation is 1. The van der Waals surface area contributed by atoms with Crippen LogP contribution in [-0.4, -0.2) is 34.0 Å². The fourth-order valence-electron chi connectivity index (χ4n) is 2.13. The molecule has 120 valence electrons. The van der Waals surface area contributed by atoms with Gasteiger partial charge in [0.1, 0.15) is 5.82 Å². The van der Waals surface area contributed by atoms with E-state index in [1.807, 2.05) is 0 Å². The molecule has 2 heterocycles. The lowest BCUT2D eigenvalue weighted by Gasteiger charge is -2.05. The molecule has 0 saturated heterocycles. The molecular weight excluding hydrogens is 365 g/mol. The molecule has 23 heavy (non-hydrogen) atoms. The Morgan fingerprint density at radius 2 is 2.00 bits per heavy atom. The SMILES string of the molecule is CCc1nc2nc3cc(Cl)ccc3nc2n1C(=O)NS(=O)(=O)Cl. The Labute approximate surface area is 140 Å². The van der Waals surface area contributed by atoms with Gasteiger partial charge in [0.15, 0.2) is 11.3 Å². The maximum atomic E-state index is 12.2. The van der Waals surface area contributed by atoms with Crippen molar-refractivity contribution in [3.63, 3.8) is 0 Å². The van der Waals surface area contributed by atoms with E-state index in [0.29, 0.717) is 28.3 Å². The van der Waals surface area contributed by atoms with Gasteiger partial charge in [-0.05, 0) is 18.2 Å². The molecule has 1 amide bonds. The van der Waals surface area contributed by atoms with Gasteiger partial charge < -0.3 is 0 Å². The lowest BCUT2D eigenvalue weighted by atomic mass is 10.3. The zero-order valence-corrected chi connectivity index (χ0v) is 13.9. The van der Waals surface area contributed by atoms with Gasteiger partial charge in [-0.15, -0.1) is 0 Å².